The van der Waals surface area contributed by atoms with Crippen LogP contribution in [-0.2, 0) is 6.42 Å². The lowest BCUT2D eigenvalue weighted by atomic mass is 9.80. The lowest BCUT2D eigenvalue weighted by molar-refractivity contribution is 0.363. The number of rotatable bonds is 4. The van der Waals surface area contributed by atoms with Gasteiger partial charge < -0.3 is 4.74 Å². The molecule has 0 N–H and O–H groups in total. The third kappa shape index (κ3) is 2.51. The van der Waals surface area contributed by atoms with Gasteiger partial charge >= 0.3 is 0 Å². The molecule has 0 bridgehead atoms. The van der Waals surface area contributed by atoms with Gasteiger partial charge in [0.2, 0.25) is 0 Å². The number of hydrogen-bond donors (Lipinski definition) is 0. The third-order valence-corrected chi connectivity index (χ3v) is 4.25. The minimum absolute atomic E-state index is 0.171. The number of nitrogens with zero attached hydrogens (tertiary/aromatic N) is 1. The molecule has 2 unspecified atom stereocenters. The molecule has 0 aliphatic heterocycles. The van der Waals surface area contributed by atoms with Gasteiger partial charge in [0, 0.05) is 0 Å². The molecule has 0 aromatic heterocycles. The van der Waals surface area contributed by atoms with Crippen molar-refractivity contribution >= 4 is 0 Å². The second-order valence-electron chi connectivity index (χ2n) is 5.40. The van der Waals surface area contributed by atoms with Crippen LogP contribution in [0.1, 0.15) is 38.2 Å². The molecule has 0 heterocycles. The predicted octanol–water partition coefficient (Wildman–Crippen LogP) is 3.96. The maximum Gasteiger partial charge on any atom is 0.122 e. The Balaban J connectivity index is 2.19. The fourth-order valence-corrected chi connectivity index (χ4v) is 3.10. The Morgan fingerprint density at radius 3 is 2.83 bits per heavy atom. The van der Waals surface area contributed by atoms with Gasteiger partial charge in [-0.25, -0.2) is 0 Å². The van der Waals surface area contributed by atoms with E-state index in [1.54, 1.807) is 7.11 Å². The van der Waals surface area contributed by atoms with Gasteiger partial charge in [0.05, 0.1) is 18.6 Å². The van der Waals surface area contributed by atoms with E-state index in [0.29, 0.717) is 0 Å². The van der Waals surface area contributed by atoms with Crippen LogP contribution >= 0.6 is 0 Å². The Labute approximate surface area is 110 Å². The van der Waals surface area contributed by atoms with Crippen molar-refractivity contribution in [3.05, 3.63) is 29.8 Å². The van der Waals surface area contributed by atoms with Gasteiger partial charge in [-0.1, -0.05) is 31.5 Å². The lowest BCUT2D eigenvalue weighted by Gasteiger charge is -2.22. The maximum absolute atomic E-state index is 9.56. The average molecular weight is 243 g/mol. The maximum atomic E-state index is 9.56. The Kier molecular flexibility index (Phi) is 3.91. The Morgan fingerprint density at radius 2 is 2.22 bits per heavy atom. The van der Waals surface area contributed by atoms with E-state index in [1.165, 1.54) is 18.4 Å². The van der Waals surface area contributed by atoms with E-state index in [1.807, 2.05) is 18.2 Å². The highest BCUT2D eigenvalue weighted by atomic mass is 16.5. The monoisotopic (exact) mass is 243 g/mol. The Morgan fingerprint density at radius 1 is 1.44 bits per heavy atom. The van der Waals surface area contributed by atoms with E-state index >= 15 is 0 Å². The lowest BCUT2D eigenvalue weighted by Crippen LogP contribution is -2.18. The summed E-state index contributed by atoms with van der Waals surface area (Å²) in [5.41, 5.74) is 0.994. The van der Waals surface area contributed by atoms with Crippen molar-refractivity contribution in [3.63, 3.8) is 0 Å². The summed E-state index contributed by atoms with van der Waals surface area (Å²) < 4.78 is 5.39. The van der Waals surface area contributed by atoms with Crippen LogP contribution in [0.4, 0.5) is 0 Å². The number of para-hydroxylation sites is 1. The van der Waals surface area contributed by atoms with Crippen LogP contribution in [-0.4, -0.2) is 7.11 Å². The largest absolute Gasteiger partial charge is 0.496 e. The standard InChI is InChI=1S/C16H21NO/c1-3-13-8-9-16(10-13,12-17)11-14-6-4-5-7-15(14)18-2/h4-7,13H,3,8-11H2,1-2H3. The van der Waals surface area contributed by atoms with E-state index in [2.05, 4.69) is 19.1 Å². The van der Waals surface area contributed by atoms with Gasteiger partial charge in [-0.3, -0.25) is 0 Å². The second-order valence-corrected chi connectivity index (χ2v) is 5.40. The zero-order valence-electron chi connectivity index (χ0n) is 11.3. The smallest absolute Gasteiger partial charge is 0.122 e. The van der Waals surface area contributed by atoms with Crippen molar-refractivity contribution in [1.82, 2.24) is 0 Å². The summed E-state index contributed by atoms with van der Waals surface area (Å²) in [7, 11) is 1.70. The van der Waals surface area contributed by atoms with Crippen LogP contribution in [0.5, 0.6) is 5.75 Å². The molecular formula is C16H21NO. The molecule has 1 aliphatic rings. The normalized spacial score (nSPS) is 26.8. The first-order valence-electron chi connectivity index (χ1n) is 6.76. The average Bonchev–Trinajstić information content (AvgIpc) is 2.83. The van der Waals surface area contributed by atoms with Crippen LogP contribution in [0.2, 0.25) is 0 Å². The summed E-state index contributed by atoms with van der Waals surface area (Å²) in [6.45, 7) is 2.22. The molecule has 2 atom stereocenters. The van der Waals surface area contributed by atoms with Crippen LogP contribution in [0.3, 0.4) is 0 Å². The van der Waals surface area contributed by atoms with E-state index in [-0.39, 0.29) is 5.41 Å². The highest BCUT2D eigenvalue weighted by Gasteiger charge is 2.39. The highest BCUT2D eigenvalue weighted by Crippen LogP contribution is 2.45. The molecule has 1 saturated carbocycles. The molecule has 1 aliphatic carbocycles. The summed E-state index contributed by atoms with van der Waals surface area (Å²) in [5, 5.41) is 9.56. The number of benzene rings is 1. The quantitative estimate of drug-likeness (QED) is 0.802. The van der Waals surface area contributed by atoms with Crippen LogP contribution in [0.25, 0.3) is 0 Å². The van der Waals surface area contributed by atoms with Gasteiger partial charge in [0.15, 0.2) is 0 Å². The molecule has 1 aromatic carbocycles. The fourth-order valence-electron chi connectivity index (χ4n) is 3.10. The summed E-state index contributed by atoms with van der Waals surface area (Å²) in [6, 6.07) is 10.6. The SMILES string of the molecule is CCC1CCC(C#N)(Cc2ccccc2OC)C1. The first kappa shape index (κ1) is 13.0. The molecule has 0 spiro atoms. The van der Waals surface area contributed by atoms with Crippen molar-refractivity contribution in [2.45, 2.75) is 39.0 Å². The van der Waals surface area contributed by atoms with Crippen molar-refractivity contribution in [2.24, 2.45) is 11.3 Å². The van der Waals surface area contributed by atoms with Crippen LogP contribution in [0.15, 0.2) is 24.3 Å². The highest BCUT2D eigenvalue weighted by molar-refractivity contribution is 5.35. The molecular weight excluding hydrogens is 222 g/mol. The third-order valence-electron chi connectivity index (χ3n) is 4.25. The van der Waals surface area contributed by atoms with Crippen molar-refractivity contribution < 1.29 is 4.74 Å². The first-order valence-corrected chi connectivity index (χ1v) is 6.76. The molecule has 1 fully saturated rings. The molecule has 2 heteroatoms. The molecule has 0 radical (unpaired) electrons. The molecule has 18 heavy (non-hydrogen) atoms. The number of methoxy groups -OCH3 is 1. The number of nitriles is 1. The van der Waals surface area contributed by atoms with Gasteiger partial charge in [-0.2, -0.15) is 5.26 Å². The molecule has 2 nitrogen and oxygen atoms in total. The van der Waals surface area contributed by atoms with Gasteiger partial charge in [-0.05, 0) is 43.2 Å². The number of hydrogen-bond acceptors (Lipinski definition) is 2. The Hall–Kier alpha value is -1.49. The predicted molar refractivity (Wildman–Crippen MR) is 72.4 cm³/mol. The van der Waals surface area contributed by atoms with Crippen molar-refractivity contribution in [2.75, 3.05) is 7.11 Å². The molecule has 96 valence electrons. The zero-order valence-corrected chi connectivity index (χ0v) is 11.3. The summed E-state index contributed by atoms with van der Waals surface area (Å²) in [4.78, 5) is 0. The van der Waals surface area contributed by atoms with E-state index in [4.69, 9.17) is 4.74 Å². The van der Waals surface area contributed by atoms with E-state index in [0.717, 1.165) is 30.9 Å². The summed E-state index contributed by atoms with van der Waals surface area (Å²) >= 11 is 0. The molecule has 1 aromatic rings. The van der Waals surface area contributed by atoms with Gasteiger partial charge in [-0.15, -0.1) is 0 Å². The topological polar surface area (TPSA) is 33.0 Å². The molecule has 2 rings (SSSR count). The molecule has 0 saturated heterocycles. The van der Waals surface area contributed by atoms with Crippen molar-refractivity contribution in [3.8, 4) is 11.8 Å². The minimum Gasteiger partial charge on any atom is -0.496 e. The minimum atomic E-state index is -0.171. The summed E-state index contributed by atoms with van der Waals surface area (Å²) in [6.07, 6.45) is 5.27. The van der Waals surface area contributed by atoms with Crippen molar-refractivity contribution in [1.29, 1.82) is 5.26 Å². The van der Waals surface area contributed by atoms with Gasteiger partial charge in [0.1, 0.15) is 5.75 Å². The number of ether oxygens (including phenoxy) is 1. The fraction of sp³-hybridized carbons (Fsp3) is 0.562. The summed E-state index contributed by atoms with van der Waals surface area (Å²) in [5.74, 6) is 1.63. The van der Waals surface area contributed by atoms with Crippen LogP contribution in [0, 0.1) is 22.7 Å². The van der Waals surface area contributed by atoms with E-state index in [9.17, 15) is 5.26 Å². The van der Waals surface area contributed by atoms with Crippen LogP contribution < -0.4 is 4.74 Å². The second kappa shape index (κ2) is 5.44. The first-order chi connectivity index (χ1) is 8.73. The van der Waals surface area contributed by atoms with Gasteiger partial charge in [0.25, 0.3) is 0 Å². The molecule has 0 amide bonds. The van der Waals surface area contributed by atoms with E-state index < -0.39 is 0 Å². The zero-order chi connectivity index (χ0) is 13.0. The Bertz CT molecular complexity index is 449.